The fraction of sp³-hybridized carbons (Fsp3) is 0.625. The number of hydrogen-bond acceptors (Lipinski definition) is 1. The molecule has 0 fully saturated rings. The number of carbonyl (C=O) groups is 1. The van der Waals surface area contributed by atoms with Gasteiger partial charge < -0.3 is 7.96 Å². The van der Waals surface area contributed by atoms with Gasteiger partial charge in [-0.25, -0.2) is 4.79 Å². The fourth-order valence-corrected chi connectivity index (χ4v) is 0.695. The van der Waals surface area contributed by atoms with Crippen LogP contribution in [0.1, 0.15) is 35.5 Å². The Labute approximate surface area is 101 Å². The minimum absolute atomic E-state index is 0. The molecule has 0 saturated heterocycles. The molecule has 3 heteroatoms. The first kappa shape index (κ1) is 14.0. The van der Waals surface area contributed by atoms with E-state index in [1.807, 2.05) is 0 Å². The van der Waals surface area contributed by atoms with E-state index in [1.165, 1.54) is 0 Å². The Morgan fingerprint density at radius 1 is 1.55 bits per heavy atom. The maximum Gasteiger partial charge on any atom is 2.00 e. The molecule has 0 unspecified atom stereocenters. The van der Waals surface area contributed by atoms with Crippen LogP contribution in [0.4, 0.5) is 0 Å². The summed E-state index contributed by atoms with van der Waals surface area (Å²) in [4.78, 5) is 10.2. The van der Waals surface area contributed by atoms with Crippen molar-refractivity contribution in [1.29, 1.82) is 0 Å². The Kier molecular flexibility index (Phi) is 10.9. The van der Waals surface area contributed by atoms with Crippen LogP contribution in [0.15, 0.2) is 12.2 Å². The molecule has 0 aromatic carbocycles. The van der Waals surface area contributed by atoms with Crippen LogP contribution in [0, 0.1) is 0 Å². The number of rotatable bonds is 5. The molecule has 2 nitrogen and oxygen atoms in total. The Balaban J connectivity index is -0.000000135. The molecule has 0 spiro atoms. The Hall–Kier alpha value is 0.470. The summed E-state index contributed by atoms with van der Waals surface area (Å²) in [5.74, 6) is -0.865. The van der Waals surface area contributed by atoms with E-state index < -0.39 is 5.97 Å². The van der Waals surface area contributed by atoms with Gasteiger partial charge in [-0.3, -0.25) is 0 Å². The molecular weight excluding hydrogens is 168 g/mol. The number of unbranched alkanes of at least 4 members (excludes halogenated alkanes) is 2. The molecule has 0 rings (SSSR count). The van der Waals surface area contributed by atoms with Crippen molar-refractivity contribution in [2.45, 2.75) is 32.6 Å². The molecule has 0 aliphatic heterocycles. The van der Waals surface area contributed by atoms with E-state index in [1.54, 1.807) is 0 Å². The van der Waals surface area contributed by atoms with Gasteiger partial charge in [0.05, 0.1) is 0 Å². The van der Waals surface area contributed by atoms with Crippen LogP contribution in [-0.4, -0.2) is 48.8 Å². The summed E-state index contributed by atoms with van der Waals surface area (Å²) < 4.78 is 0. The van der Waals surface area contributed by atoms with Crippen molar-refractivity contribution in [1.82, 2.24) is 0 Å². The van der Waals surface area contributed by atoms with Gasteiger partial charge >= 0.3 is 43.7 Å². The molecule has 0 bridgehead atoms. The van der Waals surface area contributed by atoms with E-state index in [0.29, 0.717) is 12.0 Å². The van der Waals surface area contributed by atoms with Crippen molar-refractivity contribution in [3.63, 3.8) is 0 Å². The molecule has 1 N–H and O–H groups in total. The molecular formula is C8H16CaO2. The van der Waals surface area contributed by atoms with E-state index in [-0.39, 0.29) is 40.6 Å². The van der Waals surface area contributed by atoms with Gasteiger partial charge in [-0.15, -0.1) is 0 Å². The van der Waals surface area contributed by atoms with Gasteiger partial charge in [-0.1, -0.05) is 26.3 Å². The molecule has 0 aromatic heterocycles. The smallest absolute Gasteiger partial charge is 1.00 e. The summed E-state index contributed by atoms with van der Waals surface area (Å²) in [5, 5.41) is 8.38. The first-order valence-corrected chi connectivity index (χ1v) is 3.59. The molecule has 11 heavy (non-hydrogen) atoms. The Morgan fingerprint density at radius 2 is 2.09 bits per heavy atom. The molecule has 0 aromatic rings. The minimum atomic E-state index is -0.865. The Morgan fingerprint density at radius 3 is 2.45 bits per heavy atom. The maximum atomic E-state index is 10.2. The second-order valence-electron chi connectivity index (χ2n) is 2.37. The zero-order chi connectivity index (χ0) is 7.98. The predicted octanol–water partition coefficient (Wildman–Crippen LogP) is 2.05. The van der Waals surface area contributed by atoms with E-state index in [9.17, 15) is 4.79 Å². The van der Waals surface area contributed by atoms with Gasteiger partial charge in [0.1, 0.15) is 0 Å². The number of carboxylic acids is 1. The van der Waals surface area contributed by atoms with E-state index >= 15 is 0 Å². The summed E-state index contributed by atoms with van der Waals surface area (Å²) in [5.41, 5.74) is 0.327. The third-order valence-corrected chi connectivity index (χ3v) is 1.38. The van der Waals surface area contributed by atoms with Crippen LogP contribution in [0.5, 0.6) is 0 Å². The first-order chi connectivity index (χ1) is 4.68. The fourth-order valence-electron chi connectivity index (χ4n) is 0.695. The molecule has 0 aliphatic carbocycles. The molecule has 0 radical (unpaired) electrons. The van der Waals surface area contributed by atoms with E-state index in [2.05, 4.69) is 13.5 Å². The average Bonchev–Trinajstić information content (AvgIpc) is 1.88. The first-order valence-electron chi connectivity index (χ1n) is 3.59. The van der Waals surface area contributed by atoms with Gasteiger partial charge in [0.25, 0.3) is 0 Å². The van der Waals surface area contributed by atoms with Crippen molar-refractivity contribution in [3.8, 4) is 0 Å². The van der Waals surface area contributed by atoms with Gasteiger partial charge in [0.2, 0.25) is 0 Å². The molecule has 0 saturated carbocycles. The predicted molar refractivity (Wildman–Crippen MR) is 48.9 cm³/mol. The number of aliphatic carboxylic acids is 1. The minimum Gasteiger partial charge on any atom is -1.00 e. The second-order valence-corrected chi connectivity index (χ2v) is 2.37. The van der Waals surface area contributed by atoms with Crippen LogP contribution >= 0.6 is 0 Å². The Bertz CT molecular complexity index is 140. The molecule has 62 valence electrons. The monoisotopic (exact) mass is 184 g/mol. The van der Waals surface area contributed by atoms with Crippen LogP contribution in [0.25, 0.3) is 0 Å². The molecule has 0 aliphatic rings. The summed E-state index contributed by atoms with van der Waals surface area (Å²) in [6.07, 6.45) is 3.78. The van der Waals surface area contributed by atoms with Crippen molar-refractivity contribution in [2.75, 3.05) is 0 Å². The van der Waals surface area contributed by atoms with Crippen LogP contribution in [-0.2, 0) is 4.79 Å². The summed E-state index contributed by atoms with van der Waals surface area (Å²) in [6, 6.07) is 0. The van der Waals surface area contributed by atoms with Gasteiger partial charge in [-0.05, 0) is 12.8 Å². The quantitative estimate of drug-likeness (QED) is 0.403. The van der Waals surface area contributed by atoms with Crippen LogP contribution in [0.3, 0.4) is 0 Å². The summed E-state index contributed by atoms with van der Waals surface area (Å²) >= 11 is 0. The third-order valence-electron chi connectivity index (χ3n) is 1.38. The molecule has 0 heterocycles. The largest absolute Gasteiger partial charge is 2.00 e. The number of hydrogen-bond donors (Lipinski definition) is 1. The van der Waals surface area contributed by atoms with E-state index in [4.69, 9.17) is 5.11 Å². The maximum absolute atomic E-state index is 10.2. The van der Waals surface area contributed by atoms with Crippen molar-refractivity contribution in [2.24, 2.45) is 0 Å². The van der Waals surface area contributed by atoms with Crippen LogP contribution in [0.2, 0.25) is 0 Å². The topological polar surface area (TPSA) is 37.3 Å². The third kappa shape index (κ3) is 8.38. The number of carboxylic acid groups (broad SMARTS) is 1. The molecule has 0 atom stereocenters. The average molecular weight is 184 g/mol. The summed E-state index contributed by atoms with van der Waals surface area (Å²) in [7, 11) is 0. The normalized spacial score (nSPS) is 8.45. The van der Waals surface area contributed by atoms with Crippen molar-refractivity contribution < 1.29 is 12.8 Å². The van der Waals surface area contributed by atoms with Crippen molar-refractivity contribution >= 4 is 43.7 Å². The SMILES string of the molecule is C=C(CCCCC)C(=O)O.[Ca+2].[H-].[H-]. The molecule has 0 amide bonds. The second kappa shape index (κ2) is 8.57. The standard InChI is InChI=1S/C8H14O2.Ca.2H/c1-3-4-5-6-7(2)8(9)10;;;/h2-6H2,1H3,(H,9,10);;;/q;+2;2*-1. The van der Waals surface area contributed by atoms with Crippen molar-refractivity contribution in [3.05, 3.63) is 12.2 Å². The van der Waals surface area contributed by atoms with E-state index in [0.717, 1.165) is 19.3 Å². The zero-order valence-electron chi connectivity index (χ0n) is 9.10. The van der Waals surface area contributed by atoms with Gasteiger partial charge in [-0.2, -0.15) is 0 Å². The summed E-state index contributed by atoms with van der Waals surface area (Å²) in [6.45, 7) is 5.51. The van der Waals surface area contributed by atoms with Gasteiger partial charge in [0.15, 0.2) is 0 Å². The zero-order valence-corrected chi connectivity index (χ0v) is 9.31. The van der Waals surface area contributed by atoms with Crippen LogP contribution < -0.4 is 0 Å². The van der Waals surface area contributed by atoms with Gasteiger partial charge in [0, 0.05) is 5.57 Å².